The van der Waals surface area contributed by atoms with Gasteiger partial charge in [0.05, 0.1) is 32.5 Å². The minimum absolute atomic E-state index is 0.00225. The van der Waals surface area contributed by atoms with Crippen molar-refractivity contribution in [1.82, 2.24) is 0 Å². The quantitative estimate of drug-likeness (QED) is 0.140. The molecule has 0 aliphatic carbocycles. The molecule has 0 unspecified atom stereocenters. The number of methoxy groups -OCH3 is 1. The molecule has 0 bridgehead atoms. The summed E-state index contributed by atoms with van der Waals surface area (Å²) < 4.78 is 32.5. The molecule has 1 aromatic rings. The average Bonchev–Trinajstić information content (AvgIpc) is 2.92. The average molecular weight is 725 g/mol. The molecule has 0 aliphatic rings. The first-order chi connectivity index (χ1) is 21.4. The van der Waals surface area contributed by atoms with Gasteiger partial charge in [-0.3, -0.25) is 4.79 Å². The van der Waals surface area contributed by atoms with Crippen LogP contribution in [0.15, 0.2) is 24.3 Å². The van der Waals surface area contributed by atoms with Crippen LogP contribution in [0.1, 0.15) is 102 Å². The summed E-state index contributed by atoms with van der Waals surface area (Å²) in [6, 6.07) is 7.96. The van der Waals surface area contributed by atoms with Gasteiger partial charge < -0.3 is 22.8 Å². The number of benzene rings is 1. The van der Waals surface area contributed by atoms with Crippen molar-refractivity contribution in [1.29, 1.82) is 0 Å². The molecule has 0 aliphatic heterocycles. The second-order valence-electron chi connectivity index (χ2n) is 19.3. The maximum absolute atomic E-state index is 14.9. The summed E-state index contributed by atoms with van der Waals surface area (Å²) in [5, 5.41) is 0.130. The van der Waals surface area contributed by atoms with Crippen molar-refractivity contribution in [2.24, 2.45) is 17.3 Å². The van der Waals surface area contributed by atoms with Crippen molar-refractivity contribution in [3.8, 4) is 5.75 Å². The maximum Gasteiger partial charge on any atom is 0.192 e. The number of Topliss-reactive ketones (excluding diaryl/α,β-unsaturated/α-hetero) is 1. The Balaban J connectivity index is 3.42. The van der Waals surface area contributed by atoms with Crippen LogP contribution in [0.5, 0.6) is 5.75 Å². The lowest BCUT2D eigenvalue weighted by molar-refractivity contribution is -0.141. The zero-order valence-electron chi connectivity index (χ0n) is 34.9. The van der Waals surface area contributed by atoms with Crippen molar-refractivity contribution < 1.29 is 27.5 Å². The highest BCUT2D eigenvalue weighted by atomic mass is 28.4. The Bertz CT molecular complexity index is 1140. The van der Waals surface area contributed by atoms with Crippen molar-refractivity contribution >= 4 is 30.7 Å². The van der Waals surface area contributed by atoms with E-state index in [9.17, 15) is 4.79 Å². The van der Waals surface area contributed by atoms with Crippen LogP contribution in [0.25, 0.3) is 0 Å². The molecule has 0 saturated carbocycles. The van der Waals surface area contributed by atoms with E-state index < -0.39 is 30.4 Å². The van der Waals surface area contributed by atoms with Gasteiger partial charge in [-0.25, -0.2) is 0 Å². The Morgan fingerprint density at radius 1 is 0.708 bits per heavy atom. The van der Waals surface area contributed by atoms with E-state index in [0.717, 1.165) is 11.3 Å². The van der Waals surface area contributed by atoms with Gasteiger partial charge in [0.1, 0.15) is 11.5 Å². The van der Waals surface area contributed by atoms with E-state index in [1.165, 1.54) is 0 Å². The molecule has 0 aromatic heterocycles. The fraction of sp³-hybridized carbons (Fsp3) is 0.821. The summed E-state index contributed by atoms with van der Waals surface area (Å²) >= 11 is 0. The Kier molecular flexibility index (Phi) is 15.7. The summed E-state index contributed by atoms with van der Waals surface area (Å²) in [6.07, 6.45) is 0.123. The highest BCUT2D eigenvalue weighted by Crippen LogP contribution is 2.44. The second-order valence-corrected chi connectivity index (χ2v) is 33.6. The van der Waals surface area contributed by atoms with E-state index in [0.29, 0.717) is 26.2 Å². The SMILES string of the molecule is COc1ccc(COC[C@H](C)[C@H](O[Si](C)(C)C(C)(C)C)[C@@H](C)C(=O)C(C)(C)[C@H](CCO[Si](C)(C)C(C)(C)C)O[Si](C)(C)C(C)(C)C)cc1. The number of rotatable bonds is 18. The minimum atomic E-state index is -2.22. The van der Waals surface area contributed by atoms with Gasteiger partial charge in [-0.05, 0) is 78.5 Å². The third kappa shape index (κ3) is 12.2. The molecular formula is C39H76O6Si3. The van der Waals surface area contributed by atoms with Crippen LogP contribution in [0.4, 0.5) is 0 Å². The number of carbonyl (C=O) groups is 1. The monoisotopic (exact) mass is 724 g/mol. The van der Waals surface area contributed by atoms with Crippen LogP contribution in [-0.4, -0.2) is 63.3 Å². The molecule has 48 heavy (non-hydrogen) atoms. The smallest absolute Gasteiger partial charge is 0.192 e. The Morgan fingerprint density at radius 2 is 1.17 bits per heavy atom. The van der Waals surface area contributed by atoms with E-state index in [1.54, 1.807) is 7.11 Å². The van der Waals surface area contributed by atoms with E-state index in [1.807, 2.05) is 24.3 Å². The summed E-state index contributed by atoms with van der Waals surface area (Å²) in [4.78, 5) is 14.9. The lowest BCUT2D eigenvalue weighted by atomic mass is 9.73. The summed E-state index contributed by atoms with van der Waals surface area (Å²) in [5.41, 5.74) is 0.338. The minimum Gasteiger partial charge on any atom is -0.497 e. The number of hydrogen-bond acceptors (Lipinski definition) is 6. The number of hydrogen-bond donors (Lipinski definition) is 0. The molecule has 0 N–H and O–H groups in total. The van der Waals surface area contributed by atoms with Crippen molar-refractivity contribution in [2.45, 2.75) is 170 Å². The molecule has 4 atom stereocenters. The van der Waals surface area contributed by atoms with Gasteiger partial charge in [0.15, 0.2) is 25.0 Å². The Morgan fingerprint density at radius 3 is 1.60 bits per heavy atom. The molecule has 6 nitrogen and oxygen atoms in total. The van der Waals surface area contributed by atoms with Gasteiger partial charge in [0.2, 0.25) is 0 Å². The summed E-state index contributed by atoms with van der Waals surface area (Å²) in [7, 11) is -4.72. The molecule has 1 aromatic carbocycles. The standard InChI is InChI=1S/C39H76O6Si3/c1-29(27-42-28-31-21-23-32(41-14)24-22-31)34(45-48(19,20)38(9,10)11)30(2)35(40)39(12,13)33(44-47(17,18)37(6,7)8)25-26-43-46(15,16)36(3,4)5/h21-24,29-30,33-34H,25-28H2,1-20H3/t29-,30+,33-,34-/m0/s1. The van der Waals surface area contributed by atoms with Crippen LogP contribution in [0, 0.1) is 17.3 Å². The highest BCUT2D eigenvalue weighted by Gasteiger charge is 2.49. The number of ether oxygens (including phenoxy) is 2. The van der Waals surface area contributed by atoms with Crippen LogP contribution in [0.2, 0.25) is 54.4 Å². The topological polar surface area (TPSA) is 63.2 Å². The first kappa shape index (κ1) is 45.2. The predicted molar refractivity (Wildman–Crippen MR) is 212 cm³/mol. The largest absolute Gasteiger partial charge is 0.497 e. The lowest BCUT2D eigenvalue weighted by Crippen LogP contribution is -2.54. The second kappa shape index (κ2) is 16.7. The molecule has 0 fully saturated rings. The highest BCUT2D eigenvalue weighted by molar-refractivity contribution is 6.75. The Labute approximate surface area is 300 Å². The van der Waals surface area contributed by atoms with Gasteiger partial charge >= 0.3 is 0 Å². The molecule has 9 heteroatoms. The van der Waals surface area contributed by atoms with Gasteiger partial charge in [0.25, 0.3) is 0 Å². The summed E-state index contributed by atoms with van der Waals surface area (Å²) in [6.45, 7) is 44.0. The maximum atomic E-state index is 14.9. The van der Waals surface area contributed by atoms with Crippen LogP contribution >= 0.6 is 0 Å². The molecule has 280 valence electrons. The fourth-order valence-corrected chi connectivity index (χ4v) is 9.05. The van der Waals surface area contributed by atoms with E-state index in [-0.39, 0.29) is 44.9 Å². The normalized spacial score (nSPS) is 16.8. The molecule has 0 saturated heterocycles. The molecule has 1 rings (SSSR count). The van der Waals surface area contributed by atoms with Crippen molar-refractivity contribution in [3.05, 3.63) is 29.8 Å². The molecule has 0 radical (unpaired) electrons. The third-order valence-corrected chi connectivity index (χ3v) is 25.3. The van der Waals surface area contributed by atoms with Crippen molar-refractivity contribution in [3.63, 3.8) is 0 Å². The lowest BCUT2D eigenvalue weighted by Gasteiger charge is -2.47. The van der Waals surface area contributed by atoms with Gasteiger partial charge in [-0.15, -0.1) is 0 Å². The fourth-order valence-electron chi connectivity index (χ4n) is 5.04. The zero-order chi connectivity index (χ0) is 37.7. The summed E-state index contributed by atoms with van der Waals surface area (Å²) in [5.74, 6) is 0.672. The first-order valence-electron chi connectivity index (χ1n) is 18.2. The van der Waals surface area contributed by atoms with Crippen LogP contribution < -0.4 is 4.74 Å². The predicted octanol–water partition coefficient (Wildman–Crippen LogP) is 11.3. The van der Waals surface area contributed by atoms with E-state index >= 15 is 0 Å². The molecule has 0 spiro atoms. The van der Waals surface area contributed by atoms with Crippen LogP contribution in [0.3, 0.4) is 0 Å². The molecule has 0 amide bonds. The third-order valence-electron chi connectivity index (χ3n) is 11.8. The van der Waals surface area contributed by atoms with Gasteiger partial charge in [-0.1, -0.05) is 102 Å². The van der Waals surface area contributed by atoms with Crippen molar-refractivity contribution in [2.75, 3.05) is 20.3 Å². The molecular weight excluding hydrogens is 649 g/mol. The van der Waals surface area contributed by atoms with Gasteiger partial charge in [0, 0.05) is 23.9 Å². The van der Waals surface area contributed by atoms with Crippen LogP contribution in [-0.2, 0) is 29.4 Å². The van der Waals surface area contributed by atoms with E-state index in [2.05, 4.69) is 129 Å². The van der Waals surface area contributed by atoms with Gasteiger partial charge in [-0.2, -0.15) is 0 Å². The number of ketones is 1. The van der Waals surface area contributed by atoms with E-state index in [4.69, 9.17) is 22.8 Å². The Hall–Kier alpha value is -0.819. The number of carbonyl (C=O) groups excluding carboxylic acids is 1. The zero-order valence-corrected chi connectivity index (χ0v) is 37.9. The molecule has 0 heterocycles. The first-order valence-corrected chi connectivity index (χ1v) is 26.9.